The van der Waals surface area contributed by atoms with Crippen molar-refractivity contribution in [2.75, 3.05) is 13.7 Å². The van der Waals surface area contributed by atoms with E-state index in [2.05, 4.69) is 106 Å². The molecular formula is C31H42O2Si. The molecule has 0 atom stereocenters. The average molecular weight is 475 g/mol. The van der Waals surface area contributed by atoms with Gasteiger partial charge in [-0.1, -0.05) is 119 Å². The van der Waals surface area contributed by atoms with E-state index < -0.39 is 8.32 Å². The van der Waals surface area contributed by atoms with Crippen molar-refractivity contribution in [1.29, 1.82) is 0 Å². The molecular weight excluding hydrogens is 432 g/mol. The first-order chi connectivity index (χ1) is 16.5. The number of hydrogen-bond acceptors (Lipinski definition) is 2. The van der Waals surface area contributed by atoms with Crippen molar-refractivity contribution >= 4 is 18.7 Å². The number of aryl methyl sites for hydroxylation is 1. The van der Waals surface area contributed by atoms with Gasteiger partial charge in [0.25, 0.3) is 8.32 Å². The molecule has 182 valence electrons. The number of unbranched alkanes of at least 4 members (excludes halogenated alkanes) is 5. The Bertz CT molecular complexity index is 907. The maximum absolute atomic E-state index is 7.00. The number of benzene rings is 3. The van der Waals surface area contributed by atoms with Gasteiger partial charge >= 0.3 is 0 Å². The van der Waals surface area contributed by atoms with Crippen LogP contribution in [-0.2, 0) is 10.8 Å². The molecule has 0 fully saturated rings. The lowest BCUT2D eigenvalue weighted by atomic mass is 10.0. The van der Waals surface area contributed by atoms with E-state index in [0.29, 0.717) is 0 Å². The fourth-order valence-electron chi connectivity index (χ4n) is 4.92. The average Bonchev–Trinajstić information content (AvgIpc) is 2.86. The molecule has 0 aliphatic rings. The Labute approximate surface area is 208 Å². The van der Waals surface area contributed by atoms with Gasteiger partial charge in [0.05, 0.1) is 7.11 Å². The van der Waals surface area contributed by atoms with Crippen molar-refractivity contribution in [2.45, 2.75) is 70.8 Å². The Morgan fingerprint density at radius 1 is 0.618 bits per heavy atom. The van der Waals surface area contributed by atoms with Crippen LogP contribution in [0.25, 0.3) is 0 Å². The van der Waals surface area contributed by atoms with Crippen molar-refractivity contribution < 1.29 is 9.16 Å². The maximum Gasteiger partial charge on any atom is 0.261 e. The molecule has 0 N–H and O–H groups in total. The van der Waals surface area contributed by atoms with Crippen molar-refractivity contribution in [2.24, 2.45) is 0 Å². The predicted octanol–water partition coefficient (Wildman–Crippen LogP) is 7.15. The maximum atomic E-state index is 7.00. The van der Waals surface area contributed by atoms with E-state index in [0.717, 1.165) is 25.2 Å². The minimum absolute atomic E-state index is 0.0527. The van der Waals surface area contributed by atoms with Crippen LogP contribution < -0.4 is 15.1 Å². The summed E-state index contributed by atoms with van der Waals surface area (Å²) in [6.45, 7) is 7.88. The summed E-state index contributed by atoms with van der Waals surface area (Å²) in [7, 11) is -0.667. The van der Waals surface area contributed by atoms with Gasteiger partial charge in [0.15, 0.2) is 0 Å². The van der Waals surface area contributed by atoms with Crippen molar-refractivity contribution in [3.05, 3.63) is 90.5 Å². The van der Waals surface area contributed by atoms with Crippen LogP contribution in [0.15, 0.2) is 84.9 Å². The fourth-order valence-corrected chi connectivity index (χ4v) is 9.52. The monoisotopic (exact) mass is 474 g/mol. The number of ether oxygens (including phenoxy) is 1. The Morgan fingerprint density at radius 2 is 1.12 bits per heavy atom. The molecule has 3 aromatic rings. The van der Waals surface area contributed by atoms with Crippen LogP contribution in [0, 0.1) is 0 Å². The molecule has 0 heterocycles. The van der Waals surface area contributed by atoms with Gasteiger partial charge in [-0.2, -0.15) is 0 Å². The highest BCUT2D eigenvalue weighted by Crippen LogP contribution is 2.36. The molecule has 0 amide bonds. The molecule has 0 radical (unpaired) electrons. The second-order valence-electron chi connectivity index (χ2n) is 10.2. The highest BCUT2D eigenvalue weighted by molar-refractivity contribution is 6.99. The highest BCUT2D eigenvalue weighted by Gasteiger charge is 2.49. The smallest absolute Gasteiger partial charge is 0.261 e. The zero-order chi connectivity index (χ0) is 24.3. The van der Waals surface area contributed by atoms with Crippen LogP contribution in [0.3, 0.4) is 0 Å². The van der Waals surface area contributed by atoms with Gasteiger partial charge in [-0.05, 0) is 52.4 Å². The van der Waals surface area contributed by atoms with Gasteiger partial charge in [0, 0.05) is 6.61 Å². The molecule has 34 heavy (non-hydrogen) atoms. The largest absolute Gasteiger partial charge is 0.497 e. The van der Waals surface area contributed by atoms with E-state index >= 15 is 0 Å². The van der Waals surface area contributed by atoms with Gasteiger partial charge in [0.2, 0.25) is 0 Å². The van der Waals surface area contributed by atoms with Crippen LogP contribution in [0.5, 0.6) is 5.75 Å². The summed E-state index contributed by atoms with van der Waals surface area (Å²) >= 11 is 0. The van der Waals surface area contributed by atoms with Crippen LogP contribution in [-0.4, -0.2) is 22.0 Å². The van der Waals surface area contributed by atoms with Crippen LogP contribution >= 0.6 is 0 Å². The second-order valence-corrected chi connectivity index (χ2v) is 14.5. The fraction of sp³-hybridized carbons (Fsp3) is 0.419. The zero-order valence-corrected chi connectivity index (χ0v) is 22.6. The molecule has 0 spiro atoms. The number of methoxy groups -OCH3 is 1. The third-order valence-electron chi connectivity index (χ3n) is 6.75. The molecule has 0 aliphatic heterocycles. The normalized spacial score (nSPS) is 12.0. The quantitative estimate of drug-likeness (QED) is 0.193. The van der Waals surface area contributed by atoms with Crippen LogP contribution in [0.1, 0.15) is 64.9 Å². The van der Waals surface area contributed by atoms with Crippen LogP contribution in [0.2, 0.25) is 5.04 Å². The standard InChI is InChI=1S/C31H42O2Si/c1-31(2,3)34(29-18-12-9-13-19-29,30-20-14-10-15-21-30)33-26-16-8-6-5-7-11-17-27-22-24-28(32-4)25-23-27/h9-10,12-15,18-25H,5-8,11,16-17,26H2,1-4H3. The summed E-state index contributed by atoms with van der Waals surface area (Å²) in [4.78, 5) is 0. The molecule has 0 aromatic heterocycles. The Kier molecular flexibility index (Phi) is 9.97. The molecule has 3 aromatic carbocycles. The van der Waals surface area contributed by atoms with Gasteiger partial charge < -0.3 is 9.16 Å². The van der Waals surface area contributed by atoms with Crippen molar-refractivity contribution in [3.8, 4) is 5.75 Å². The number of rotatable bonds is 13. The zero-order valence-electron chi connectivity index (χ0n) is 21.6. The SMILES string of the molecule is COc1ccc(CCCCCCCCO[Si](c2ccccc2)(c2ccccc2)C(C)(C)C)cc1. The number of hydrogen-bond donors (Lipinski definition) is 0. The summed E-state index contributed by atoms with van der Waals surface area (Å²) in [5.74, 6) is 0.934. The molecule has 0 saturated heterocycles. The molecule has 3 rings (SSSR count). The van der Waals surface area contributed by atoms with Crippen LogP contribution in [0.4, 0.5) is 0 Å². The van der Waals surface area contributed by atoms with Gasteiger partial charge in [-0.15, -0.1) is 0 Å². The second kappa shape index (κ2) is 12.9. The molecule has 2 nitrogen and oxygen atoms in total. The third kappa shape index (κ3) is 6.83. The Morgan fingerprint density at radius 3 is 1.62 bits per heavy atom. The lowest BCUT2D eigenvalue weighted by molar-refractivity contribution is 0.286. The van der Waals surface area contributed by atoms with Gasteiger partial charge in [0.1, 0.15) is 5.75 Å². The predicted molar refractivity (Wildman–Crippen MR) is 148 cm³/mol. The van der Waals surface area contributed by atoms with E-state index in [4.69, 9.17) is 9.16 Å². The van der Waals surface area contributed by atoms with E-state index in [1.807, 2.05) is 0 Å². The minimum atomic E-state index is -2.38. The van der Waals surface area contributed by atoms with E-state index in [1.54, 1.807) is 7.11 Å². The first-order valence-corrected chi connectivity index (χ1v) is 14.8. The topological polar surface area (TPSA) is 18.5 Å². The first kappa shape index (κ1) is 26.2. The summed E-state index contributed by atoms with van der Waals surface area (Å²) in [5.41, 5.74) is 1.40. The lowest BCUT2D eigenvalue weighted by Crippen LogP contribution is -2.66. The molecule has 0 unspecified atom stereocenters. The molecule has 3 heteroatoms. The highest BCUT2D eigenvalue weighted by atomic mass is 28.4. The van der Waals surface area contributed by atoms with Crippen molar-refractivity contribution in [3.63, 3.8) is 0 Å². The van der Waals surface area contributed by atoms with Gasteiger partial charge in [-0.3, -0.25) is 0 Å². The summed E-state index contributed by atoms with van der Waals surface area (Å²) < 4.78 is 12.2. The summed E-state index contributed by atoms with van der Waals surface area (Å²) in [5, 5.41) is 2.79. The molecule has 0 bridgehead atoms. The first-order valence-electron chi connectivity index (χ1n) is 12.9. The molecule has 0 aliphatic carbocycles. The molecule has 0 saturated carbocycles. The minimum Gasteiger partial charge on any atom is -0.497 e. The summed E-state index contributed by atoms with van der Waals surface area (Å²) in [6.07, 6.45) is 8.65. The third-order valence-corrected chi connectivity index (χ3v) is 11.8. The van der Waals surface area contributed by atoms with E-state index in [9.17, 15) is 0 Å². The van der Waals surface area contributed by atoms with E-state index in [1.165, 1.54) is 48.0 Å². The lowest BCUT2D eigenvalue weighted by Gasteiger charge is -2.43. The van der Waals surface area contributed by atoms with Gasteiger partial charge in [-0.25, -0.2) is 0 Å². The Balaban J connectivity index is 1.48. The van der Waals surface area contributed by atoms with E-state index in [-0.39, 0.29) is 5.04 Å². The Hall–Kier alpha value is -2.36. The summed E-state index contributed by atoms with van der Waals surface area (Å²) in [6, 6.07) is 30.4. The van der Waals surface area contributed by atoms with Crippen molar-refractivity contribution in [1.82, 2.24) is 0 Å².